The Labute approximate surface area is 244 Å². The van der Waals surface area contributed by atoms with Gasteiger partial charge in [-0.25, -0.2) is 4.79 Å². The summed E-state index contributed by atoms with van der Waals surface area (Å²) < 4.78 is 27.9. The fourth-order valence-corrected chi connectivity index (χ4v) is 4.65. The molecule has 3 atom stereocenters. The summed E-state index contributed by atoms with van der Waals surface area (Å²) in [7, 11) is 0. The van der Waals surface area contributed by atoms with Crippen molar-refractivity contribution < 1.29 is 38.7 Å². The fraction of sp³-hybridized carbons (Fsp3) is 0.545. The molecule has 41 heavy (non-hydrogen) atoms. The number of hydrogen-bond acceptors (Lipinski definition) is 8. The average Bonchev–Trinajstić information content (AvgIpc) is 3.72. The molecule has 8 heteroatoms. The second-order valence-electron chi connectivity index (χ2n) is 12.4. The Morgan fingerprint density at radius 2 is 1.46 bits per heavy atom. The quantitative estimate of drug-likeness (QED) is 0.156. The Morgan fingerprint density at radius 3 is 2.00 bits per heavy atom. The first kappa shape index (κ1) is 32.6. The van der Waals surface area contributed by atoms with E-state index in [1.165, 1.54) is 5.56 Å². The Kier molecular flexibility index (Phi) is 11.0. The Morgan fingerprint density at radius 1 is 0.902 bits per heavy atom. The summed E-state index contributed by atoms with van der Waals surface area (Å²) in [5.41, 5.74) is 1.07. The van der Waals surface area contributed by atoms with E-state index in [0.717, 1.165) is 30.4 Å². The molecule has 0 amide bonds. The first-order chi connectivity index (χ1) is 19.2. The normalized spacial score (nSPS) is 16.9. The summed E-state index contributed by atoms with van der Waals surface area (Å²) in [6, 6.07) is 16.2. The summed E-state index contributed by atoms with van der Waals surface area (Å²) in [6.45, 7) is 16.2. The number of benzene rings is 2. The van der Waals surface area contributed by atoms with E-state index < -0.39 is 23.8 Å². The Bertz CT molecular complexity index is 1120. The van der Waals surface area contributed by atoms with Crippen molar-refractivity contribution in [2.45, 2.75) is 89.3 Å². The van der Waals surface area contributed by atoms with Crippen molar-refractivity contribution in [1.82, 2.24) is 0 Å². The first-order valence-electron chi connectivity index (χ1n) is 14.1. The minimum absolute atomic E-state index is 0.0359. The molecule has 1 aliphatic rings. The summed E-state index contributed by atoms with van der Waals surface area (Å²) in [4.78, 5) is 11.1. The number of epoxide rings is 1. The minimum Gasteiger partial charge on any atom is -0.491 e. The molecule has 1 aliphatic heterocycles. The zero-order valence-electron chi connectivity index (χ0n) is 25.2. The maximum atomic E-state index is 11.1. The van der Waals surface area contributed by atoms with E-state index in [9.17, 15) is 15.0 Å². The molecule has 2 aromatic rings. The molecule has 2 aromatic carbocycles. The first-order valence-corrected chi connectivity index (χ1v) is 14.1. The lowest BCUT2D eigenvalue weighted by atomic mass is 9.78. The van der Waals surface area contributed by atoms with E-state index in [1.54, 1.807) is 0 Å². The van der Waals surface area contributed by atoms with Gasteiger partial charge in [0.15, 0.2) is 0 Å². The predicted molar refractivity (Wildman–Crippen MR) is 157 cm³/mol. The van der Waals surface area contributed by atoms with Crippen LogP contribution >= 0.6 is 0 Å². The molecule has 3 unspecified atom stereocenters. The molecule has 8 nitrogen and oxygen atoms in total. The maximum Gasteiger partial charge on any atom is 0.330 e. The standard InChI is InChI=1S/C33H46O8/c1-8-30(36)39-20-26(35)21-40-31(2,3)17-25(34)19-37-27-13-9-23(10-14-27)33(6,7)24-11-15-28(16-12-24)41-32(4,5)18-29-22-38-29/h8-16,25-26,29,34-35H,1,17-22H2,2-7H3. The minimum atomic E-state index is -0.972. The van der Waals surface area contributed by atoms with Gasteiger partial charge >= 0.3 is 5.97 Å². The van der Waals surface area contributed by atoms with Crippen LogP contribution in [0, 0.1) is 0 Å². The van der Waals surface area contributed by atoms with Gasteiger partial charge in [0.05, 0.1) is 31.0 Å². The Balaban J connectivity index is 1.47. The number of carbonyl (C=O) groups is 1. The van der Waals surface area contributed by atoms with Crippen molar-refractivity contribution in [3.8, 4) is 11.5 Å². The van der Waals surface area contributed by atoms with Crippen LogP contribution in [0.4, 0.5) is 0 Å². The summed E-state index contributed by atoms with van der Waals surface area (Å²) in [5.74, 6) is 0.898. The second-order valence-corrected chi connectivity index (χ2v) is 12.4. The molecule has 0 bridgehead atoms. The highest BCUT2D eigenvalue weighted by Gasteiger charge is 2.33. The van der Waals surface area contributed by atoms with Gasteiger partial charge < -0.3 is 33.9 Å². The molecule has 2 N–H and O–H groups in total. The van der Waals surface area contributed by atoms with E-state index in [0.29, 0.717) is 18.3 Å². The summed E-state index contributed by atoms with van der Waals surface area (Å²) >= 11 is 0. The molecular weight excluding hydrogens is 524 g/mol. The van der Waals surface area contributed by atoms with E-state index in [4.69, 9.17) is 23.7 Å². The van der Waals surface area contributed by atoms with E-state index in [-0.39, 0.29) is 30.8 Å². The van der Waals surface area contributed by atoms with Crippen molar-refractivity contribution in [3.63, 3.8) is 0 Å². The smallest absolute Gasteiger partial charge is 0.330 e. The van der Waals surface area contributed by atoms with Crippen molar-refractivity contribution >= 4 is 5.97 Å². The van der Waals surface area contributed by atoms with Gasteiger partial charge in [-0.3, -0.25) is 0 Å². The maximum absolute atomic E-state index is 11.1. The van der Waals surface area contributed by atoms with E-state index in [1.807, 2.05) is 50.2 Å². The number of hydrogen-bond donors (Lipinski definition) is 2. The fourth-order valence-electron chi connectivity index (χ4n) is 4.65. The number of ether oxygens (including phenoxy) is 5. The highest BCUT2D eigenvalue weighted by molar-refractivity contribution is 5.81. The van der Waals surface area contributed by atoms with Crippen LogP contribution in [0.15, 0.2) is 61.2 Å². The van der Waals surface area contributed by atoms with Gasteiger partial charge in [-0.1, -0.05) is 44.7 Å². The van der Waals surface area contributed by atoms with Gasteiger partial charge in [-0.2, -0.15) is 0 Å². The third kappa shape index (κ3) is 10.8. The SMILES string of the molecule is C=CC(=O)OCC(O)COC(C)(C)CC(O)COc1ccc(C(C)(C)c2ccc(OC(C)(C)CC3CO3)cc2)cc1. The molecule has 1 heterocycles. The summed E-state index contributed by atoms with van der Waals surface area (Å²) in [6.07, 6.45) is 0.762. The number of aliphatic hydroxyl groups excluding tert-OH is 2. The molecular formula is C33H46O8. The molecule has 3 rings (SSSR count). The molecule has 1 saturated heterocycles. The van der Waals surface area contributed by atoms with Crippen molar-refractivity contribution in [1.29, 1.82) is 0 Å². The molecule has 226 valence electrons. The third-order valence-electron chi connectivity index (χ3n) is 7.09. The molecule has 0 aromatic heterocycles. The molecule has 0 aliphatic carbocycles. The number of carbonyl (C=O) groups excluding carboxylic acids is 1. The number of aliphatic hydroxyl groups is 2. The van der Waals surface area contributed by atoms with Gasteiger partial charge in [0.1, 0.15) is 36.4 Å². The van der Waals surface area contributed by atoms with E-state index >= 15 is 0 Å². The monoisotopic (exact) mass is 570 g/mol. The van der Waals surface area contributed by atoms with Crippen molar-refractivity contribution in [3.05, 3.63) is 72.3 Å². The van der Waals surface area contributed by atoms with Crippen LogP contribution < -0.4 is 9.47 Å². The van der Waals surface area contributed by atoms with Crippen LogP contribution in [0.1, 0.15) is 65.5 Å². The van der Waals surface area contributed by atoms with Crippen LogP contribution in [0.5, 0.6) is 11.5 Å². The number of esters is 1. The van der Waals surface area contributed by atoms with Crippen LogP contribution in [0.2, 0.25) is 0 Å². The topological polar surface area (TPSA) is 107 Å². The predicted octanol–water partition coefficient (Wildman–Crippen LogP) is 4.97. The molecule has 1 fully saturated rings. The third-order valence-corrected chi connectivity index (χ3v) is 7.09. The van der Waals surface area contributed by atoms with Crippen LogP contribution in [-0.4, -0.2) is 72.1 Å². The summed E-state index contributed by atoms with van der Waals surface area (Å²) in [5, 5.41) is 20.5. The van der Waals surface area contributed by atoms with Crippen molar-refractivity contribution in [2.75, 3.05) is 26.4 Å². The van der Waals surface area contributed by atoms with Crippen molar-refractivity contribution in [2.24, 2.45) is 0 Å². The molecule has 0 radical (unpaired) electrons. The molecule has 0 saturated carbocycles. The van der Waals surface area contributed by atoms with Gasteiger partial charge in [0.2, 0.25) is 0 Å². The lowest BCUT2D eigenvalue weighted by Gasteiger charge is -2.29. The van der Waals surface area contributed by atoms with Gasteiger partial charge in [0, 0.05) is 24.3 Å². The highest BCUT2D eigenvalue weighted by Crippen LogP contribution is 2.34. The highest BCUT2D eigenvalue weighted by atomic mass is 16.6. The number of rotatable bonds is 17. The largest absolute Gasteiger partial charge is 0.491 e. The average molecular weight is 571 g/mol. The van der Waals surface area contributed by atoms with Gasteiger partial charge in [-0.15, -0.1) is 0 Å². The lowest BCUT2D eigenvalue weighted by molar-refractivity contribution is -0.144. The molecule has 0 spiro atoms. The van der Waals surface area contributed by atoms with Crippen LogP contribution in [-0.2, 0) is 24.4 Å². The second kappa shape index (κ2) is 13.8. The zero-order valence-corrected chi connectivity index (χ0v) is 25.2. The van der Waals surface area contributed by atoms with E-state index in [2.05, 4.69) is 46.4 Å². The van der Waals surface area contributed by atoms with Gasteiger partial charge in [0.25, 0.3) is 0 Å². The van der Waals surface area contributed by atoms with Crippen LogP contribution in [0.25, 0.3) is 0 Å². The van der Waals surface area contributed by atoms with Crippen LogP contribution in [0.3, 0.4) is 0 Å². The Hall–Kier alpha value is -2.91. The lowest BCUT2D eigenvalue weighted by Crippen LogP contribution is -2.36. The van der Waals surface area contributed by atoms with Gasteiger partial charge in [-0.05, 0) is 63.1 Å². The zero-order chi connectivity index (χ0) is 30.3.